The summed E-state index contributed by atoms with van der Waals surface area (Å²) in [6.07, 6.45) is 4.25. The van der Waals surface area contributed by atoms with Gasteiger partial charge >= 0.3 is 0 Å². The third-order valence-electron chi connectivity index (χ3n) is 3.79. The summed E-state index contributed by atoms with van der Waals surface area (Å²) in [7, 11) is 1.93. The molecule has 0 aromatic heterocycles. The molecule has 0 saturated carbocycles. The Morgan fingerprint density at radius 1 is 1.47 bits per heavy atom. The zero-order valence-corrected chi connectivity index (χ0v) is 11.8. The maximum absolute atomic E-state index is 12.1. The summed E-state index contributed by atoms with van der Waals surface area (Å²) in [5.74, 6) is 1.58. The molecule has 1 heterocycles. The smallest absolute Gasteiger partial charge is 0.223 e. The van der Waals surface area contributed by atoms with Gasteiger partial charge in [0.05, 0.1) is 0 Å². The molecule has 2 unspecified atom stereocenters. The van der Waals surface area contributed by atoms with E-state index in [-0.39, 0.29) is 5.91 Å². The molecule has 1 rings (SSSR count). The van der Waals surface area contributed by atoms with Gasteiger partial charge in [0.2, 0.25) is 5.91 Å². The van der Waals surface area contributed by atoms with Gasteiger partial charge in [-0.25, -0.2) is 0 Å². The highest BCUT2D eigenvalue weighted by Crippen LogP contribution is 2.18. The van der Waals surface area contributed by atoms with Crippen LogP contribution in [0.2, 0.25) is 0 Å². The number of carbonyl (C=O) groups is 1. The Kier molecular flexibility index (Phi) is 5.96. The van der Waals surface area contributed by atoms with Crippen LogP contribution in [0, 0.1) is 11.8 Å². The minimum absolute atomic E-state index is 0.289. The minimum Gasteiger partial charge on any atom is -0.346 e. The Bertz CT molecular complexity index is 240. The lowest BCUT2D eigenvalue weighted by atomic mass is 9.90. The summed E-state index contributed by atoms with van der Waals surface area (Å²) in [4.78, 5) is 13.9. The molecule has 1 aliphatic rings. The van der Waals surface area contributed by atoms with Crippen LogP contribution in [-0.2, 0) is 4.79 Å². The quantitative estimate of drug-likeness (QED) is 0.799. The summed E-state index contributed by atoms with van der Waals surface area (Å²) < 4.78 is 0. The largest absolute Gasteiger partial charge is 0.346 e. The van der Waals surface area contributed by atoms with Gasteiger partial charge in [0.15, 0.2) is 0 Å². The third kappa shape index (κ3) is 5.07. The normalized spacial score (nSPS) is 25.0. The van der Waals surface area contributed by atoms with Gasteiger partial charge in [0.25, 0.3) is 0 Å². The first-order valence-electron chi connectivity index (χ1n) is 6.98. The second-order valence-corrected chi connectivity index (χ2v) is 5.88. The van der Waals surface area contributed by atoms with Crippen LogP contribution in [0.4, 0.5) is 0 Å². The molecule has 1 fully saturated rings. The standard InChI is InChI=1S/C14H28N2O/c1-11(2)7-9-16(4)14(17)10-13-12(3)6-5-8-15-13/h11-13,15H,5-10H2,1-4H3. The lowest BCUT2D eigenvalue weighted by Crippen LogP contribution is -2.44. The second kappa shape index (κ2) is 7.00. The van der Waals surface area contributed by atoms with Crippen LogP contribution in [-0.4, -0.2) is 37.0 Å². The van der Waals surface area contributed by atoms with Crippen molar-refractivity contribution in [3.05, 3.63) is 0 Å². The van der Waals surface area contributed by atoms with E-state index in [4.69, 9.17) is 0 Å². The van der Waals surface area contributed by atoms with Crippen LogP contribution in [0.15, 0.2) is 0 Å². The highest BCUT2D eigenvalue weighted by Gasteiger charge is 2.24. The van der Waals surface area contributed by atoms with Gasteiger partial charge in [-0.15, -0.1) is 0 Å². The number of rotatable bonds is 5. The predicted molar refractivity (Wildman–Crippen MR) is 71.9 cm³/mol. The first-order valence-corrected chi connectivity index (χ1v) is 6.98. The Labute approximate surface area is 106 Å². The van der Waals surface area contributed by atoms with Gasteiger partial charge in [-0.1, -0.05) is 20.8 Å². The van der Waals surface area contributed by atoms with E-state index < -0.39 is 0 Å². The fourth-order valence-electron chi connectivity index (χ4n) is 2.31. The van der Waals surface area contributed by atoms with E-state index in [2.05, 4.69) is 26.1 Å². The van der Waals surface area contributed by atoms with Gasteiger partial charge in [0.1, 0.15) is 0 Å². The van der Waals surface area contributed by atoms with E-state index in [0.29, 0.717) is 24.3 Å². The summed E-state index contributed by atoms with van der Waals surface area (Å²) in [6.45, 7) is 8.60. The lowest BCUT2D eigenvalue weighted by Gasteiger charge is -2.31. The molecular formula is C14H28N2O. The number of piperidine rings is 1. The lowest BCUT2D eigenvalue weighted by molar-refractivity contribution is -0.131. The van der Waals surface area contributed by atoms with Gasteiger partial charge < -0.3 is 10.2 Å². The zero-order chi connectivity index (χ0) is 12.8. The first kappa shape index (κ1) is 14.5. The van der Waals surface area contributed by atoms with Crippen molar-refractivity contribution in [2.24, 2.45) is 11.8 Å². The Morgan fingerprint density at radius 2 is 2.18 bits per heavy atom. The molecule has 0 radical (unpaired) electrons. The maximum atomic E-state index is 12.1. The molecular weight excluding hydrogens is 212 g/mol. The molecule has 2 atom stereocenters. The Morgan fingerprint density at radius 3 is 2.76 bits per heavy atom. The fraction of sp³-hybridized carbons (Fsp3) is 0.929. The molecule has 100 valence electrons. The van der Waals surface area contributed by atoms with Crippen molar-refractivity contribution < 1.29 is 4.79 Å². The molecule has 1 aliphatic heterocycles. The molecule has 0 aliphatic carbocycles. The van der Waals surface area contributed by atoms with Gasteiger partial charge in [-0.2, -0.15) is 0 Å². The highest BCUT2D eigenvalue weighted by molar-refractivity contribution is 5.76. The van der Waals surface area contributed by atoms with E-state index in [1.165, 1.54) is 12.8 Å². The van der Waals surface area contributed by atoms with Crippen molar-refractivity contribution in [1.82, 2.24) is 10.2 Å². The summed E-state index contributed by atoms with van der Waals surface area (Å²) in [5.41, 5.74) is 0. The predicted octanol–water partition coefficient (Wildman–Crippen LogP) is 2.27. The average molecular weight is 240 g/mol. The van der Waals surface area contributed by atoms with Gasteiger partial charge in [-0.3, -0.25) is 4.79 Å². The molecule has 0 spiro atoms. The first-order chi connectivity index (χ1) is 8.00. The number of hydrogen-bond acceptors (Lipinski definition) is 2. The molecule has 0 aromatic carbocycles. The molecule has 0 bridgehead atoms. The van der Waals surface area contributed by atoms with Crippen LogP contribution in [0.25, 0.3) is 0 Å². The topological polar surface area (TPSA) is 32.3 Å². The van der Waals surface area contributed by atoms with E-state index in [1.54, 1.807) is 0 Å². The molecule has 17 heavy (non-hydrogen) atoms. The van der Waals surface area contributed by atoms with Crippen LogP contribution >= 0.6 is 0 Å². The average Bonchev–Trinajstić information content (AvgIpc) is 2.28. The number of hydrogen-bond donors (Lipinski definition) is 1. The second-order valence-electron chi connectivity index (χ2n) is 5.88. The van der Waals surface area contributed by atoms with Crippen LogP contribution in [0.1, 0.15) is 46.5 Å². The number of nitrogens with zero attached hydrogens (tertiary/aromatic N) is 1. The van der Waals surface area contributed by atoms with Crippen molar-refractivity contribution in [2.45, 2.75) is 52.5 Å². The van der Waals surface area contributed by atoms with E-state index in [9.17, 15) is 4.79 Å². The Hall–Kier alpha value is -0.570. The zero-order valence-electron chi connectivity index (χ0n) is 11.8. The molecule has 3 nitrogen and oxygen atoms in total. The van der Waals surface area contributed by atoms with Crippen LogP contribution < -0.4 is 5.32 Å². The van der Waals surface area contributed by atoms with E-state index in [1.807, 2.05) is 11.9 Å². The van der Waals surface area contributed by atoms with Crippen LogP contribution in [0.3, 0.4) is 0 Å². The summed E-state index contributed by atoms with van der Waals surface area (Å²) >= 11 is 0. The Balaban J connectivity index is 2.31. The molecule has 1 N–H and O–H groups in total. The summed E-state index contributed by atoms with van der Waals surface area (Å²) in [6, 6.07) is 0.387. The molecule has 1 saturated heterocycles. The van der Waals surface area contributed by atoms with Crippen molar-refractivity contribution >= 4 is 5.91 Å². The molecule has 3 heteroatoms. The highest BCUT2D eigenvalue weighted by atomic mass is 16.2. The van der Waals surface area contributed by atoms with E-state index in [0.717, 1.165) is 19.5 Å². The molecule has 0 aromatic rings. The van der Waals surface area contributed by atoms with Crippen molar-refractivity contribution in [3.8, 4) is 0 Å². The minimum atomic E-state index is 0.289. The monoisotopic (exact) mass is 240 g/mol. The molecule has 1 amide bonds. The summed E-state index contributed by atoms with van der Waals surface area (Å²) in [5, 5.41) is 3.47. The maximum Gasteiger partial charge on any atom is 0.223 e. The SMILES string of the molecule is CC(C)CCN(C)C(=O)CC1NCCCC1C. The van der Waals surface area contributed by atoms with E-state index >= 15 is 0 Å². The van der Waals surface area contributed by atoms with Crippen molar-refractivity contribution in [3.63, 3.8) is 0 Å². The van der Waals surface area contributed by atoms with Gasteiger partial charge in [-0.05, 0) is 37.6 Å². The van der Waals surface area contributed by atoms with Crippen LogP contribution in [0.5, 0.6) is 0 Å². The number of nitrogens with one attached hydrogen (secondary N) is 1. The number of amides is 1. The third-order valence-corrected chi connectivity index (χ3v) is 3.79. The van der Waals surface area contributed by atoms with Gasteiger partial charge in [0, 0.05) is 26.1 Å². The number of carbonyl (C=O) groups excluding carboxylic acids is 1. The van der Waals surface area contributed by atoms with Crippen molar-refractivity contribution in [2.75, 3.05) is 20.1 Å². The fourth-order valence-corrected chi connectivity index (χ4v) is 2.31. The van der Waals surface area contributed by atoms with Crippen molar-refractivity contribution in [1.29, 1.82) is 0 Å².